The quantitative estimate of drug-likeness (QED) is 0.567. The molecule has 0 spiro atoms. The average Bonchev–Trinajstić information content (AvgIpc) is 2.72. The Morgan fingerprint density at radius 1 is 1.30 bits per heavy atom. The number of rotatable bonds is 4. The molecule has 1 fully saturated rings. The molecule has 0 aromatic heterocycles. The first kappa shape index (κ1) is 18.5. The van der Waals surface area contributed by atoms with Crippen molar-refractivity contribution >= 4 is 12.4 Å². The van der Waals surface area contributed by atoms with Gasteiger partial charge in [-0.15, -0.1) is 5.46 Å². The minimum Gasteiger partial charge on any atom is -0.488 e. The molecule has 2 atom stereocenters. The van der Waals surface area contributed by atoms with Gasteiger partial charge in [0, 0.05) is 0 Å². The summed E-state index contributed by atoms with van der Waals surface area (Å²) in [5.41, 5.74) is -0.864. The number of halogens is 4. The molecule has 0 saturated carbocycles. The van der Waals surface area contributed by atoms with Crippen LogP contribution in [0.1, 0.15) is 19.8 Å². The monoisotopic (exact) mass is 316 g/mol. The zero-order chi connectivity index (χ0) is 14.0. The molecular weight excluding hydrogens is 302 g/mol. The molecule has 2 unspecified atom stereocenters. The van der Waals surface area contributed by atoms with E-state index in [2.05, 4.69) is 0 Å². The van der Waals surface area contributed by atoms with Crippen molar-refractivity contribution in [3.63, 3.8) is 0 Å². The van der Waals surface area contributed by atoms with Crippen LogP contribution in [0.3, 0.4) is 0 Å². The van der Waals surface area contributed by atoms with Crippen LogP contribution in [0.15, 0.2) is 18.2 Å². The van der Waals surface area contributed by atoms with Crippen LogP contribution in [0.4, 0.5) is 17.3 Å². The predicted molar refractivity (Wildman–Crippen MR) is 64.2 cm³/mol. The summed E-state index contributed by atoms with van der Waals surface area (Å²) in [6, 6.07) is 2.20. The van der Waals surface area contributed by atoms with Gasteiger partial charge in [-0.2, -0.15) is 0 Å². The van der Waals surface area contributed by atoms with Gasteiger partial charge in [-0.25, -0.2) is 4.39 Å². The average molecular weight is 316 g/mol. The van der Waals surface area contributed by atoms with Crippen LogP contribution in [0, 0.1) is 5.82 Å². The van der Waals surface area contributed by atoms with Crippen LogP contribution in [-0.4, -0.2) is 25.8 Å². The van der Waals surface area contributed by atoms with Gasteiger partial charge in [-0.1, -0.05) is 6.07 Å². The van der Waals surface area contributed by atoms with E-state index >= 15 is 0 Å². The van der Waals surface area contributed by atoms with E-state index in [0.717, 1.165) is 25.0 Å². The molecule has 106 valence electrons. The van der Waals surface area contributed by atoms with Crippen LogP contribution < -0.4 is 61.6 Å². The molecule has 1 aliphatic rings. The molecule has 0 aliphatic carbocycles. The third-order valence-electron chi connectivity index (χ3n) is 3.08. The normalized spacial score (nSPS) is 22.4. The molecule has 0 N–H and O–H groups in total. The Morgan fingerprint density at radius 3 is 2.55 bits per heavy atom. The Balaban J connectivity index is 0.00000200. The van der Waals surface area contributed by atoms with Gasteiger partial charge in [0.2, 0.25) is 0 Å². The van der Waals surface area contributed by atoms with Crippen LogP contribution in [0.5, 0.6) is 5.75 Å². The van der Waals surface area contributed by atoms with Gasteiger partial charge in [0.15, 0.2) is 11.6 Å². The van der Waals surface area contributed by atoms with Crippen molar-refractivity contribution in [2.45, 2.75) is 32.0 Å². The summed E-state index contributed by atoms with van der Waals surface area (Å²) in [7, 11) is 0. The molecule has 0 bridgehead atoms. The minimum atomic E-state index is -5.15. The SMILES string of the molecule is CC1CCC(COc2cc([B-](F)(F)F)ccc2F)O1.[K+]. The van der Waals surface area contributed by atoms with Crippen LogP contribution in [0.2, 0.25) is 0 Å². The van der Waals surface area contributed by atoms with Gasteiger partial charge < -0.3 is 22.4 Å². The fourth-order valence-electron chi connectivity index (χ4n) is 2.02. The standard InChI is InChI=1S/C12H14BF4O2.K/c1-8-2-4-10(19-8)7-18-12-6-9(13(15,16)17)3-5-11(12)14;/h3,5-6,8,10H,2,4,7H2,1H3;/q-1;+1. The van der Waals surface area contributed by atoms with Crippen LogP contribution in [0.25, 0.3) is 0 Å². The van der Waals surface area contributed by atoms with Crippen molar-refractivity contribution in [3.8, 4) is 5.75 Å². The Hall–Kier alpha value is 0.401. The smallest absolute Gasteiger partial charge is 0.488 e. The second-order valence-corrected chi connectivity index (χ2v) is 4.72. The summed E-state index contributed by atoms with van der Waals surface area (Å²) in [5.74, 6) is -1.17. The second-order valence-electron chi connectivity index (χ2n) is 4.72. The van der Waals surface area contributed by atoms with Crippen LogP contribution in [-0.2, 0) is 4.74 Å². The van der Waals surface area contributed by atoms with E-state index in [0.29, 0.717) is 6.07 Å². The number of ether oxygens (including phenoxy) is 2. The van der Waals surface area contributed by atoms with E-state index in [9.17, 15) is 17.3 Å². The molecular formula is C12H14BF4KO2. The largest absolute Gasteiger partial charge is 1.00 e. The van der Waals surface area contributed by atoms with Crippen molar-refractivity contribution in [2.24, 2.45) is 0 Å². The van der Waals surface area contributed by atoms with Crippen molar-refractivity contribution in [3.05, 3.63) is 24.0 Å². The van der Waals surface area contributed by atoms with E-state index in [1.807, 2.05) is 6.92 Å². The second kappa shape index (κ2) is 7.60. The van der Waals surface area contributed by atoms with E-state index < -0.39 is 18.3 Å². The summed E-state index contributed by atoms with van der Waals surface area (Å²) in [6.45, 7) is -3.18. The summed E-state index contributed by atoms with van der Waals surface area (Å²) in [5, 5.41) is 0. The fourth-order valence-corrected chi connectivity index (χ4v) is 2.02. The van der Waals surface area contributed by atoms with Crippen molar-refractivity contribution in [1.82, 2.24) is 0 Å². The van der Waals surface area contributed by atoms with Crippen molar-refractivity contribution in [1.29, 1.82) is 0 Å². The molecule has 1 aromatic rings. The van der Waals surface area contributed by atoms with Gasteiger partial charge in [0.1, 0.15) is 6.61 Å². The van der Waals surface area contributed by atoms with Gasteiger partial charge in [0.25, 0.3) is 0 Å². The fraction of sp³-hybridized carbons (Fsp3) is 0.500. The van der Waals surface area contributed by atoms with Crippen LogP contribution >= 0.6 is 0 Å². The van der Waals surface area contributed by atoms with Gasteiger partial charge in [-0.3, -0.25) is 0 Å². The van der Waals surface area contributed by atoms with E-state index in [-0.39, 0.29) is 75.9 Å². The Labute approximate surface area is 157 Å². The topological polar surface area (TPSA) is 18.5 Å². The molecule has 1 heterocycles. The molecule has 20 heavy (non-hydrogen) atoms. The van der Waals surface area contributed by atoms with E-state index in [4.69, 9.17) is 9.47 Å². The molecule has 2 rings (SSSR count). The predicted octanol–water partition coefficient (Wildman–Crippen LogP) is -0.170. The third kappa shape index (κ3) is 4.99. The third-order valence-corrected chi connectivity index (χ3v) is 3.08. The Kier molecular flexibility index (Phi) is 7.01. The minimum absolute atomic E-state index is 0. The maximum Gasteiger partial charge on any atom is 1.00 e. The first-order valence-corrected chi connectivity index (χ1v) is 6.14. The molecule has 2 nitrogen and oxygen atoms in total. The molecule has 1 aliphatic heterocycles. The van der Waals surface area contributed by atoms with Gasteiger partial charge in [-0.05, 0) is 31.9 Å². The Bertz CT molecular complexity index is 456. The molecule has 0 radical (unpaired) electrons. The van der Waals surface area contributed by atoms with E-state index in [1.54, 1.807) is 0 Å². The maximum absolute atomic E-state index is 13.4. The molecule has 8 heteroatoms. The van der Waals surface area contributed by atoms with Crippen molar-refractivity contribution < 1.29 is 78.2 Å². The summed E-state index contributed by atoms with van der Waals surface area (Å²) in [6.07, 6.45) is 1.58. The number of hydrogen-bond donors (Lipinski definition) is 0. The summed E-state index contributed by atoms with van der Waals surface area (Å²) >= 11 is 0. The zero-order valence-corrected chi connectivity index (χ0v) is 14.5. The summed E-state index contributed by atoms with van der Waals surface area (Å²) in [4.78, 5) is 0. The maximum atomic E-state index is 13.4. The zero-order valence-electron chi connectivity index (χ0n) is 11.4. The number of hydrogen-bond acceptors (Lipinski definition) is 2. The summed E-state index contributed by atoms with van der Waals surface area (Å²) < 4.78 is 61.6. The molecule has 1 saturated heterocycles. The van der Waals surface area contributed by atoms with E-state index in [1.165, 1.54) is 0 Å². The molecule has 1 aromatic carbocycles. The first-order chi connectivity index (χ1) is 8.86. The molecule has 0 amide bonds. The first-order valence-electron chi connectivity index (χ1n) is 6.14. The van der Waals surface area contributed by atoms with Crippen molar-refractivity contribution in [2.75, 3.05) is 6.61 Å². The van der Waals surface area contributed by atoms with Gasteiger partial charge in [0.05, 0.1) is 12.2 Å². The Morgan fingerprint density at radius 2 is 2.00 bits per heavy atom. The van der Waals surface area contributed by atoms with Gasteiger partial charge >= 0.3 is 58.4 Å². The number of benzene rings is 1.